The molecule has 0 N–H and O–H groups in total. The Morgan fingerprint density at radius 3 is 2.24 bits per heavy atom. The minimum atomic E-state index is -4.72. The maximum atomic E-state index is 14.0. The lowest BCUT2D eigenvalue weighted by molar-refractivity contribution is -0.274. The first-order chi connectivity index (χ1) is 11.9. The third-order valence-electron chi connectivity index (χ3n) is 3.19. The Hall–Kier alpha value is -2.74. The summed E-state index contributed by atoms with van der Waals surface area (Å²) in [5.74, 6) is 4.89. The summed E-state index contributed by atoms with van der Waals surface area (Å²) in [5, 5.41) is 0. The van der Waals surface area contributed by atoms with E-state index in [1.54, 1.807) is 18.2 Å². The number of rotatable bonds is 4. The molecular weight excluding hydrogens is 332 g/mol. The quantitative estimate of drug-likeness (QED) is 0.491. The van der Waals surface area contributed by atoms with Gasteiger partial charge in [-0.1, -0.05) is 43.4 Å². The molecule has 0 atom stereocenters. The van der Waals surface area contributed by atoms with Crippen molar-refractivity contribution in [1.29, 1.82) is 0 Å². The summed E-state index contributed by atoms with van der Waals surface area (Å²) in [7, 11) is 0. The van der Waals surface area contributed by atoms with Crippen LogP contribution in [0.4, 0.5) is 17.6 Å². The summed E-state index contributed by atoms with van der Waals surface area (Å²) in [6, 6.07) is 9.85. The van der Waals surface area contributed by atoms with Gasteiger partial charge in [0.25, 0.3) is 0 Å². The fraction of sp³-hybridized carbons (Fsp3) is 0.200. The number of hydrogen-bond acceptors (Lipinski definition) is 1. The molecule has 0 aliphatic heterocycles. The first kappa shape index (κ1) is 18.6. The lowest BCUT2D eigenvalue weighted by atomic mass is 10.1. The second-order valence-electron chi connectivity index (χ2n) is 5.25. The van der Waals surface area contributed by atoms with Gasteiger partial charge in [0.1, 0.15) is 11.6 Å². The van der Waals surface area contributed by atoms with Gasteiger partial charge in [0.2, 0.25) is 0 Å². The first-order valence-electron chi connectivity index (χ1n) is 7.71. The van der Waals surface area contributed by atoms with Crippen molar-refractivity contribution < 1.29 is 22.3 Å². The van der Waals surface area contributed by atoms with Gasteiger partial charge in [-0.15, -0.1) is 13.2 Å². The monoisotopic (exact) mass is 348 g/mol. The van der Waals surface area contributed by atoms with E-state index in [9.17, 15) is 17.6 Å². The van der Waals surface area contributed by atoms with Crippen LogP contribution >= 0.6 is 0 Å². The molecule has 0 saturated carbocycles. The fourth-order valence-corrected chi connectivity index (χ4v) is 2.00. The first-order valence-corrected chi connectivity index (χ1v) is 7.71. The van der Waals surface area contributed by atoms with Gasteiger partial charge in [-0.2, -0.15) is 0 Å². The molecule has 130 valence electrons. The number of alkyl halides is 3. The molecule has 0 fully saturated rings. The van der Waals surface area contributed by atoms with Crippen LogP contribution in [0.2, 0.25) is 0 Å². The van der Waals surface area contributed by atoms with Gasteiger partial charge in [0.15, 0.2) is 0 Å². The molecule has 0 aromatic heterocycles. The van der Waals surface area contributed by atoms with E-state index in [1.165, 1.54) is 30.3 Å². The van der Waals surface area contributed by atoms with Crippen LogP contribution in [0.3, 0.4) is 0 Å². The Morgan fingerprint density at radius 2 is 1.64 bits per heavy atom. The normalized spacial score (nSPS) is 11.2. The molecule has 2 rings (SSSR count). The number of benzene rings is 2. The molecule has 0 unspecified atom stereocenters. The Bertz CT molecular complexity index is 793. The number of unbranched alkanes of at least 4 members (excludes halogenated alkanes) is 1. The topological polar surface area (TPSA) is 9.23 Å². The summed E-state index contributed by atoms with van der Waals surface area (Å²) in [5.41, 5.74) is 1.48. The average Bonchev–Trinajstić information content (AvgIpc) is 2.55. The number of halogens is 4. The van der Waals surface area contributed by atoms with E-state index in [1.807, 2.05) is 13.0 Å². The molecule has 0 aliphatic rings. The average molecular weight is 348 g/mol. The SMILES string of the molecule is CCC/C=C/c1ccc(C#Cc2ccc(OC(F)(F)F)cc2)cc1F. The van der Waals surface area contributed by atoms with Crippen LogP contribution in [0.1, 0.15) is 36.5 Å². The number of ether oxygens (including phenoxy) is 1. The molecule has 0 amide bonds. The lowest BCUT2D eigenvalue weighted by Crippen LogP contribution is -2.16. The van der Waals surface area contributed by atoms with Gasteiger partial charge in [-0.3, -0.25) is 0 Å². The molecule has 2 aromatic rings. The second kappa shape index (κ2) is 8.39. The van der Waals surface area contributed by atoms with Crippen LogP contribution in [0, 0.1) is 17.7 Å². The van der Waals surface area contributed by atoms with E-state index < -0.39 is 6.36 Å². The van der Waals surface area contributed by atoms with Gasteiger partial charge in [-0.05, 0) is 42.8 Å². The standard InChI is InChI=1S/C20H16F4O/c1-2-3-4-5-17-11-8-16(14-19(17)21)7-6-15-9-12-18(13-10-15)25-20(22,23)24/h4-5,8-14H,2-3H2,1H3/b5-4+. The van der Waals surface area contributed by atoms with Crippen molar-refractivity contribution in [3.8, 4) is 17.6 Å². The molecular formula is C20H16F4O. The van der Waals surface area contributed by atoms with Crippen LogP contribution < -0.4 is 4.74 Å². The lowest BCUT2D eigenvalue weighted by Gasteiger charge is -2.07. The van der Waals surface area contributed by atoms with Gasteiger partial charge in [0, 0.05) is 16.7 Å². The molecule has 0 aliphatic carbocycles. The van der Waals surface area contributed by atoms with Crippen molar-refractivity contribution in [2.45, 2.75) is 26.1 Å². The summed E-state index contributed by atoms with van der Waals surface area (Å²) >= 11 is 0. The van der Waals surface area contributed by atoms with Crippen molar-refractivity contribution in [1.82, 2.24) is 0 Å². The van der Waals surface area contributed by atoms with Gasteiger partial charge < -0.3 is 4.74 Å². The molecule has 0 saturated heterocycles. The van der Waals surface area contributed by atoms with E-state index in [-0.39, 0.29) is 11.6 Å². The highest BCUT2D eigenvalue weighted by atomic mass is 19.4. The molecule has 0 radical (unpaired) electrons. The third kappa shape index (κ3) is 6.34. The zero-order valence-electron chi connectivity index (χ0n) is 13.5. The highest BCUT2D eigenvalue weighted by Crippen LogP contribution is 2.22. The number of hydrogen-bond donors (Lipinski definition) is 0. The zero-order valence-corrected chi connectivity index (χ0v) is 13.5. The van der Waals surface area contributed by atoms with E-state index in [0.29, 0.717) is 16.7 Å². The van der Waals surface area contributed by atoms with Crippen LogP contribution in [0.25, 0.3) is 6.08 Å². The van der Waals surface area contributed by atoms with Crippen molar-refractivity contribution in [2.75, 3.05) is 0 Å². The predicted octanol–water partition coefficient (Wildman–Crippen LogP) is 5.94. The van der Waals surface area contributed by atoms with Crippen molar-refractivity contribution >= 4 is 6.08 Å². The fourth-order valence-electron chi connectivity index (χ4n) is 2.00. The van der Waals surface area contributed by atoms with Crippen LogP contribution in [-0.4, -0.2) is 6.36 Å². The molecule has 2 aromatic carbocycles. The van der Waals surface area contributed by atoms with Crippen molar-refractivity contribution in [3.63, 3.8) is 0 Å². The van der Waals surface area contributed by atoms with E-state index >= 15 is 0 Å². The Morgan fingerprint density at radius 1 is 1.00 bits per heavy atom. The highest BCUT2D eigenvalue weighted by molar-refractivity contribution is 5.53. The smallest absolute Gasteiger partial charge is 0.406 e. The molecule has 1 nitrogen and oxygen atoms in total. The van der Waals surface area contributed by atoms with Crippen LogP contribution in [0.15, 0.2) is 48.5 Å². The second-order valence-corrected chi connectivity index (χ2v) is 5.25. The summed E-state index contributed by atoms with van der Waals surface area (Å²) in [6.07, 6.45) is 0.797. The number of allylic oxidation sites excluding steroid dienone is 1. The zero-order chi connectivity index (χ0) is 18.3. The van der Waals surface area contributed by atoms with E-state index in [2.05, 4.69) is 16.6 Å². The Balaban J connectivity index is 2.09. The van der Waals surface area contributed by atoms with Crippen LogP contribution in [0.5, 0.6) is 5.75 Å². The van der Waals surface area contributed by atoms with Gasteiger partial charge in [0.05, 0.1) is 0 Å². The summed E-state index contributed by atoms with van der Waals surface area (Å²) in [4.78, 5) is 0. The molecule has 25 heavy (non-hydrogen) atoms. The maximum Gasteiger partial charge on any atom is 0.573 e. The minimum absolute atomic E-state index is 0.313. The molecule has 0 spiro atoms. The Labute approximate surface area is 143 Å². The van der Waals surface area contributed by atoms with Gasteiger partial charge in [-0.25, -0.2) is 4.39 Å². The van der Waals surface area contributed by atoms with Gasteiger partial charge >= 0.3 is 6.36 Å². The largest absolute Gasteiger partial charge is 0.573 e. The Kier molecular flexibility index (Phi) is 6.24. The van der Waals surface area contributed by atoms with Crippen LogP contribution in [-0.2, 0) is 0 Å². The third-order valence-corrected chi connectivity index (χ3v) is 3.19. The van der Waals surface area contributed by atoms with E-state index in [4.69, 9.17) is 0 Å². The predicted molar refractivity (Wildman–Crippen MR) is 89.4 cm³/mol. The summed E-state index contributed by atoms with van der Waals surface area (Å²) < 4.78 is 54.0. The highest BCUT2D eigenvalue weighted by Gasteiger charge is 2.30. The van der Waals surface area contributed by atoms with E-state index in [0.717, 1.165) is 12.8 Å². The molecule has 0 heterocycles. The molecule has 0 bridgehead atoms. The summed E-state index contributed by atoms with van der Waals surface area (Å²) in [6.45, 7) is 2.04. The van der Waals surface area contributed by atoms with Crippen molar-refractivity contribution in [2.24, 2.45) is 0 Å². The van der Waals surface area contributed by atoms with Crippen molar-refractivity contribution in [3.05, 3.63) is 71.0 Å². The minimum Gasteiger partial charge on any atom is -0.406 e. The molecule has 5 heteroatoms. The maximum absolute atomic E-state index is 14.0.